The van der Waals surface area contributed by atoms with Crippen LogP contribution in [0.5, 0.6) is 0 Å². The molecule has 5 heteroatoms. The molecule has 0 aromatic carbocycles. The first-order valence-corrected chi connectivity index (χ1v) is 9.67. The highest BCUT2D eigenvalue weighted by atomic mass is 16.5. The van der Waals surface area contributed by atoms with Gasteiger partial charge in [-0.3, -0.25) is 4.90 Å². The van der Waals surface area contributed by atoms with Gasteiger partial charge in [0.2, 0.25) is 0 Å². The van der Waals surface area contributed by atoms with Crippen molar-refractivity contribution in [1.29, 1.82) is 0 Å². The third-order valence-electron chi connectivity index (χ3n) is 6.70. The van der Waals surface area contributed by atoms with Crippen molar-refractivity contribution in [2.24, 2.45) is 5.92 Å². The minimum Gasteiger partial charge on any atom is -0.387 e. The fourth-order valence-electron chi connectivity index (χ4n) is 5.57. The largest absolute Gasteiger partial charge is 0.387 e. The molecule has 0 amide bonds. The highest BCUT2D eigenvalue weighted by Gasteiger charge is 2.62. The lowest BCUT2D eigenvalue weighted by Gasteiger charge is -2.59. The molecule has 3 rings (SSSR count). The second kappa shape index (κ2) is 6.20. The van der Waals surface area contributed by atoms with E-state index in [0.29, 0.717) is 18.9 Å². The van der Waals surface area contributed by atoms with Crippen molar-refractivity contribution in [3.05, 3.63) is 0 Å². The third kappa shape index (κ3) is 2.92. The summed E-state index contributed by atoms with van der Waals surface area (Å²) in [6.45, 7) is 9.42. The van der Waals surface area contributed by atoms with E-state index in [-0.39, 0.29) is 12.1 Å². The van der Waals surface area contributed by atoms with Crippen LogP contribution in [0.25, 0.3) is 0 Å². The molecule has 0 aromatic rings. The molecule has 0 radical (unpaired) electrons. The summed E-state index contributed by atoms with van der Waals surface area (Å²) in [7, 11) is 0. The highest BCUT2D eigenvalue weighted by Crippen LogP contribution is 2.48. The van der Waals surface area contributed by atoms with E-state index < -0.39 is 22.9 Å². The van der Waals surface area contributed by atoms with E-state index in [9.17, 15) is 15.3 Å². The Morgan fingerprint density at radius 1 is 1.38 bits per heavy atom. The van der Waals surface area contributed by atoms with Crippen LogP contribution in [0.4, 0.5) is 0 Å². The fourth-order valence-corrected chi connectivity index (χ4v) is 5.57. The number of hydrogen-bond donors (Lipinski definition) is 3. The van der Waals surface area contributed by atoms with Gasteiger partial charge in [-0.15, -0.1) is 0 Å². The van der Waals surface area contributed by atoms with Crippen molar-refractivity contribution < 1.29 is 20.1 Å². The van der Waals surface area contributed by atoms with Crippen LogP contribution in [0.15, 0.2) is 0 Å². The van der Waals surface area contributed by atoms with E-state index in [2.05, 4.69) is 18.7 Å². The first kappa shape index (κ1) is 18.6. The molecule has 0 bridgehead atoms. The Hall–Kier alpha value is -0.200. The van der Waals surface area contributed by atoms with Gasteiger partial charge in [0.25, 0.3) is 0 Å². The Kier molecular flexibility index (Phi) is 4.80. The molecule has 3 heterocycles. The van der Waals surface area contributed by atoms with Crippen molar-refractivity contribution in [3.8, 4) is 0 Å². The number of nitrogens with zero attached hydrogens (tertiary/aromatic N) is 1. The lowest BCUT2D eigenvalue weighted by Crippen LogP contribution is -2.74. The molecular formula is C19H35NO4. The lowest BCUT2D eigenvalue weighted by atomic mass is 9.68. The Morgan fingerprint density at radius 3 is 2.75 bits per heavy atom. The van der Waals surface area contributed by atoms with Crippen molar-refractivity contribution in [2.75, 3.05) is 13.1 Å². The number of aliphatic hydroxyl groups excluding tert-OH is 1. The molecule has 3 N–H and O–H groups in total. The summed E-state index contributed by atoms with van der Waals surface area (Å²) in [5.74, 6) is 0.344. The Morgan fingerprint density at radius 2 is 2.08 bits per heavy atom. The van der Waals surface area contributed by atoms with Gasteiger partial charge < -0.3 is 20.1 Å². The van der Waals surface area contributed by atoms with E-state index in [1.54, 1.807) is 6.92 Å². The number of rotatable bonds is 3. The lowest BCUT2D eigenvalue weighted by molar-refractivity contribution is -0.296. The molecule has 1 spiro atoms. The summed E-state index contributed by atoms with van der Waals surface area (Å²) < 4.78 is 6.46. The van der Waals surface area contributed by atoms with Gasteiger partial charge in [0, 0.05) is 12.6 Å². The summed E-state index contributed by atoms with van der Waals surface area (Å²) in [6, 6.07) is 0.00793. The summed E-state index contributed by atoms with van der Waals surface area (Å²) in [4.78, 5) is 2.29. The Balaban J connectivity index is 1.90. The van der Waals surface area contributed by atoms with Crippen LogP contribution in [0.1, 0.15) is 66.2 Å². The maximum atomic E-state index is 11.1. The SMILES string of the molecule is CCCC(C)(O)[C@@H]1C[C@@H](C)C[C@]2(CN3CCC[C@H]3[C@@](C)(O)[C@@H]2O)O1. The number of aliphatic hydroxyl groups is 3. The van der Waals surface area contributed by atoms with Gasteiger partial charge in [-0.2, -0.15) is 0 Å². The predicted molar refractivity (Wildman–Crippen MR) is 92.8 cm³/mol. The van der Waals surface area contributed by atoms with Crippen molar-refractivity contribution in [3.63, 3.8) is 0 Å². The molecule has 0 saturated carbocycles. The second-order valence-corrected chi connectivity index (χ2v) is 9.08. The zero-order valence-electron chi connectivity index (χ0n) is 15.7. The van der Waals surface area contributed by atoms with E-state index in [1.807, 2.05) is 6.92 Å². The van der Waals surface area contributed by atoms with Crippen LogP contribution in [0.3, 0.4) is 0 Å². The van der Waals surface area contributed by atoms with Crippen molar-refractivity contribution >= 4 is 0 Å². The molecule has 0 aromatic heterocycles. The van der Waals surface area contributed by atoms with Gasteiger partial charge in [-0.05, 0) is 58.4 Å². The summed E-state index contributed by atoms with van der Waals surface area (Å²) in [5.41, 5.74) is -2.86. The maximum absolute atomic E-state index is 11.1. The molecule has 3 saturated heterocycles. The zero-order valence-corrected chi connectivity index (χ0v) is 15.7. The second-order valence-electron chi connectivity index (χ2n) is 9.08. The van der Waals surface area contributed by atoms with Gasteiger partial charge in [0.05, 0.1) is 11.7 Å². The molecule has 0 aliphatic carbocycles. The molecule has 1 unspecified atom stereocenters. The summed E-state index contributed by atoms with van der Waals surface area (Å²) in [5, 5.41) is 33.1. The molecule has 5 nitrogen and oxygen atoms in total. The molecule has 7 atom stereocenters. The van der Waals surface area contributed by atoms with E-state index in [1.165, 1.54) is 0 Å². The smallest absolute Gasteiger partial charge is 0.114 e. The van der Waals surface area contributed by atoms with Crippen LogP contribution in [-0.2, 0) is 4.74 Å². The van der Waals surface area contributed by atoms with Gasteiger partial charge in [0.15, 0.2) is 0 Å². The minimum absolute atomic E-state index is 0.00793. The molecular weight excluding hydrogens is 306 g/mol. The van der Waals surface area contributed by atoms with Crippen LogP contribution < -0.4 is 0 Å². The normalized spacial score (nSPS) is 49.1. The first-order valence-electron chi connectivity index (χ1n) is 9.67. The van der Waals surface area contributed by atoms with Crippen molar-refractivity contribution in [2.45, 2.75) is 101 Å². The average Bonchev–Trinajstić information content (AvgIpc) is 2.93. The standard InChI is InChI=1S/C19H35NO4/c1-5-8-17(3,22)15-10-13(2)11-19(24-15)12-20-9-6-7-14(20)18(4,23)16(19)21/h13-16,21-23H,5-12H2,1-4H3/t13-,14+,15+,16+,17?,18-,19-/m1/s1. The molecule has 3 fully saturated rings. The van der Waals surface area contributed by atoms with Gasteiger partial charge >= 0.3 is 0 Å². The quantitative estimate of drug-likeness (QED) is 0.728. The Labute approximate surface area is 146 Å². The third-order valence-corrected chi connectivity index (χ3v) is 6.70. The van der Waals surface area contributed by atoms with Crippen molar-refractivity contribution in [1.82, 2.24) is 4.90 Å². The number of ether oxygens (including phenoxy) is 1. The number of fused-ring (bicyclic) bond motifs is 1. The van der Waals surface area contributed by atoms with Crippen LogP contribution >= 0.6 is 0 Å². The van der Waals surface area contributed by atoms with E-state index >= 15 is 0 Å². The first-order chi connectivity index (χ1) is 11.1. The highest BCUT2D eigenvalue weighted by molar-refractivity contribution is 5.14. The van der Waals surface area contributed by atoms with Crippen LogP contribution in [0, 0.1) is 5.92 Å². The summed E-state index contributed by atoms with van der Waals surface area (Å²) in [6.07, 6.45) is 3.85. The summed E-state index contributed by atoms with van der Waals surface area (Å²) >= 11 is 0. The monoisotopic (exact) mass is 341 g/mol. The molecule has 140 valence electrons. The van der Waals surface area contributed by atoms with Gasteiger partial charge in [-0.25, -0.2) is 0 Å². The topological polar surface area (TPSA) is 73.2 Å². The predicted octanol–water partition coefficient (Wildman–Crippen LogP) is 1.68. The van der Waals surface area contributed by atoms with E-state index in [0.717, 1.165) is 38.6 Å². The molecule has 24 heavy (non-hydrogen) atoms. The average molecular weight is 341 g/mol. The molecule has 3 aliphatic heterocycles. The zero-order chi connectivity index (χ0) is 17.8. The maximum Gasteiger partial charge on any atom is 0.114 e. The number of piperidine rings is 1. The van der Waals surface area contributed by atoms with Crippen LogP contribution in [0.2, 0.25) is 0 Å². The van der Waals surface area contributed by atoms with Gasteiger partial charge in [-0.1, -0.05) is 20.3 Å². The van der Waals surface area contributed by atoms with Crippen LogP contribution in [-0.4, -0.2) is 68.4 Å². The Bertz CT molecular complexity index is 466. The minimum atomic E-state index is -1.17. The fraction of sp³-hybridized carbons (Fsp3) is 1.00. The molecule has 3 aliphatic rings. The van der Waals surface area contributed by atoms with E-state index in [4.69, 9.17) is 4.74 Å². The van der Waals surface area contributed by atoms with Gasteiger partial charge in [0.1, 0.15) is 17.3 Å². The number of hydrogen-bond acceptors (Lipinski definition) is 5.